The van der Waals surface area contributed by atoms with E-state index in [0.29, 0.717) is 5.41 Å². The molecule has 0 aromatic rings. The molecule has 0 unspecified atom stereocenters. The molecule has 3 heteroatoms. The van der Waals surface area contributed by atoms with Crippen LogP contribution in [0.4, 0.5) is 0 Å². The lowest BCUT2D eigenvalue weighted by Gasteiger charge is -2.34. The molecule has 0 saturated carbocycles. The van der Waals surface area contributed by atoms with Gasteiger partial charge in [0.1, 0.15) is 0 Å². The molecule has 1 rings (SSSR count). The zero-order valence-corrected chi connectivity index (χ0v) is 12.7. The minimum atomic E-state index is 0.439. The molecular formula is C14H26N2S. The van der Waals surface area contributed by atoms with Crippen LogP contribution in [0, 0.1) is 5.41 Å². The van der Waals surface area contributed by atoms with Crippen LogP contribution in [0.15, 0.2) is 11.4 Å². The van der Waals surface area contributed by atoms with Gasteiger partial charge < -0.3 is 10.2 Å². The van der Waals surface area contributed by atoms with Gasteiger partial charge in [-0.2, -0.15) is 0 Å². The van der Waals surface area contributed by atoms with Gasteiger partial charge in [-0.1, -0.05) is 33.0 Å². The first-order chi connectivity index (χ1) is 7.85. The zero-order chi connectivity index (χ0) is 13.1. The van der Waals surface area contributed by atoms with Crippen molar-refractivity contribution < 1.29 is 0 Å². The lowest BCUT2D eigenvalue weighted by Crippen LogP contribution is -2.36. The first-order valence-corrected chi connectivity index (χ1v) is 6.97. The normalized spacial score (nSPS) is 15.9. The molecule has 0 aliphatic heterocycles. The molecule has 0 heterocycles. The molecule has 0 aromatic carbocycles. The smallest absolute Gasteiger partial charge is 0.0684 e. The summed E-state index contributed by atoms with van der Waals surface area (Å²) in [6.07, 6.45) is 3.49. The largest absolute Gasteiger partial charge is 0.383 e. The van der Waals surface area contributed by atoms with Crippen molar-refractivity contribution in [2.24, 2.45) is 5.41 Å². The van der Waals surface area contributed by atoms with E-state index in [2.05, 4.69) is 45.0 Å². The van der Waals surface area contributed by atoms with Gasteiger partial charge in [-0.3, -0.25) is 0 Å². The SMILES string of the molecule is CCNC1=C(N(C)CCCC(C)(C)C)CC1=S. The molecule has 0 fully saturated rings. The van der Waals surface area contributed by atoms with Gasteiger partial charge in [0.15, 0.2) is 0 Å². The lowest BCUT2D eigenvalue weighted by molar-refractivity contribution is 0.317. The minimum absolute atomic E-state index is 0.439. The van der Waals surface area contributed by atoms with Gasteiger partial charge in [-0.05, 0) is 25.2 Å². The molecule has 0 spiro atoms. The predicted molar refractivity (Wildman–Crippen MR) is 79.2 cm³/mol. The number of allylic oxidation sites excluding steroid dienone is 2. The third-order valence-electron chi connectivity index (χ3n) is 3.13. The zero-order valence-electron chi connectivity index (χ0n) is 11.9. The Morgan fingerprint density at radius 1 is 1.35 bits per heavy atom. The van der Waals surface area contributed by atoms with Crippen LogP contribution in [0.5, 0.6) is 0 Å². The van der Waals surface area contributed by atoms with Crippen LogP contribution < -0.4 is 5.32 Å². The van der Waals surface area contributed by atoms with Crippen molar-refractivity contribution in [3.63, 3.8) is 0 Å². The van der Waals surface area contributed by atoms with E-state index in [-0.39, 0.29) is 0 Å². The molecule has 0 bridgehead atoms. The average Bonchev–Trinajstić information content (AvgIpc) is 2.20. The third kappa shape index (κ3) is 4.30. The average molecular weight is 254 g/mol. The van der Waals surface area contributed by atoms with Crippen molar-refractivity contribution in [2.45, 2.75) is 47.0 Å². The maximum Gasteiger partial charge on any atom is 0.0684 e. The Labute approximate surface area is 111 Å². The van der Waals surface area contributed by atoms with E-state index in [1.165, 1.54) is 24.2 Å². The maximum atomic E-state index is 5.29. The third-order valence-corrected chi connectivity index (χ3v) is 3.48. The topological polar surface area (TPSA) is 15.3 Å². The Hall–Kier alpha value is -0.570. The number of nitrogens with zero attached hydrogens (tertiary/aromatic N) is 1. The monoisotopic (exact) mass is 254 g/mol. The summed E-state index contributed by atoms with van der Waals surface area (Å²) in [5.41, 5.74) is 3.04. The van der Waals surface area contributed by atoms with E-state index in [9.17, 15) is 0 Å². The van der Waals surface area contributed by atoms with Crippen molar-refractivity contribution in [3.05, 3.63) is 11.4 Å². The Morgan fingerprint density at radius 3 is 2.47 bits per heavy atom. The second-order valence-electron chi connectivity index (χ2n) is 6.04. The summed E-state index contributed by atoms with van der Waals surface area (Å²) >= 11 is 5.29. The van der Waals surface area contributed by atoms with E-state index in [1.807, 2.05) is 0 Å². The van der Waals surface area contributed by atoms with E-state index >= 15 is 0 Å². The van der Waals surface area contributed by atoms with Crippen molar-refractivity contribution in [3.8, 4) is 0 Å². The van der Waals surface area contributed by atoms with Crippen LogP contribution >= 0.6 is 12.2 Å². The second-order valence-corrected chi connectivity index (χ2v) is 6.53. The standard InChI is InChI=1S/C14H26N2S/c1-6-15-13-11(10-12(13)17)16(5)9-7-8-14(2,3)4/h15H,6-10H2,1-5H3. The molecule has 1 aliphatic carbocycles. The Morgan fingerprint density at radius 2 is 2.00 bits per heavy atom. The van der Waals surface area contributed by atoms with Gasteiger partial charge in [0.05, 0.1) is 5.70 Å². The molecule has 0 aromatic heterocycles. The highest BCUT2D eigenvalue weighted by atomic mass is 32.1. The van der Waals surface area contributed by atoms with Gasteiger partial charge in [-0.25, -0.2) is 0 Å². The quantitative estimate of drug-likeness (QED) is 0.732. The summed E-state index contributed by atoms with van der Waals surface area (Å²) in [4.78, 5) is 3.45. The summed E-state index contributed by atoms with van der Waals surface area (Å²) in [6.45, 7) is 11.1. The fourth-order valence-corrected chi connectivity index (χ4v) is 2.39. The lowest BCUT2D eigenvalue weighted by atomic mass is 9.90. The van der Waals surface area contributed by atoms with Crippen LogP contribution in [0.3, 0.4) is 0 Å². The van der Waals surface area contributed by atoms with Gasteiger partial charge >= 0.3 is 0 Å². The first-order valence-electron chi connectivity index (χ1n) is 6.56. The molecular weight excluding hydrogens is 228 g/mol. The Balaban J connectivity index is 2.43. The fraction of sp³-hybridized carbons (Fsp3) is 0.786. The summed E-state index contributed by atoms with van der Waals surface area (Å²) in [7, 11) is 2.18. The van der Waals surface area contributed by atoms with Gasteiger partial charge in [-0.15, -0.1) is 0 Å². The molecule has 0 atom stereocenters. The molecule has 1 aliphatic rings. The van der Waals surface area contributed by atoms with Crippen molar-refractivity contribution >= 4 is 17.1 Å². The van der Waals surface area contributed by atoms with E-state index in [0.717, 1.165) is 24.4 Å². The Bertz CT molecular complexity index is 313. The number of hydrogen-bond acceptors (Lipinski definition) is 3. The molecule has 98 valence electrons. The van der Waals surface area contributed by atoms with Crippen LogP contribution in [0.1, 0.15) is 47.0 Å². The molecule has 2 nitrogen and oxygen atoms in total. The van der Waals surface area contributed by atoms with Gasteiger partial charge in [0.2, 0.25) is 0 Å². The highest BCUT2D eigenvalue weighted by Crippen LogP contribution is 2.27. The number of nitrogens with one attached hydrogen (secondary N) is 1. The van der Waals surface area contributed by atoms with Gasteiger partial charge in [0, 0.05) is 37.1 Å². The van der Waals surface area contributed by atoms with Crippen LogP contribution in [0.25, 0.3) is 0 Å². The van der Waals surface area contributed by atoms with Crippen LogP contribution in [-0.2, 0) is 0 Å². The highest BCUT2D eigenvalue weighted by molar-refractivity contribution is 7.81. The molecule has 0 radical (unpaired) electrons. The summed E-state index contributed by atoms with van der Waals surface area (Å²) in [5, 5.41) is 3.37. The summed E-state index contributed by atoms with van der Waals surface area (Å²) in [5.74, 6) is 0. The van der Waals surface area contributed by atoms with Crippen molar-refractivity contribution in [2.75, 3.05) is 20.1 Å². The number of rotatable bonds is 6. The molecule has 0 saturated heterocycles. The van der Waals surface area contributed by atoms with E-state index < -0.39 is 0 Å². The summed E-state index contributed by atoms with van der Waals surface area (Å²) < 4.78 is 0. The minimum Gasteiger partial charge on any atom is -0.383 e. The second kappa shape index (κ2) is 5.85. The Kier molecular flexibility index (Phi) is 4.99. The fourth-order valence-electron chi connectivity index (χ4n) is 2.07. The van der Waals surface area contributed by atoms with E-state index in [4.69, 9.17) is 12.2 Å². The van der Waals surface area contributed by atoms with Crippen molar-refractivity contribution in [1.29, 1.82) is 0 Å². The van der Waals surface area contributed by atoms with Crippen molar-refractivity contribution in [1.82, 2.24) is 10.2 Å². The number of thiocarbonyl (C=S) groups is 1. The highest BCUT2D eigenvalue weighted by Gasteiger charge is 2.25. The first kappa shape index (κ1) is 14.5. The molecule has 17 heavy (non-hydrogen) atoms. The van der Waals surface area contributed by atoms with E-state index in [1.54, 1.807) is 0 Å². The molecule has 0 amide bonds. The van der Waals surface area contributed by atoms with Crippen LogP contribution in [0.2, 0.25) is 0 Å². The predicted octanol–water partition coefficient (Wildman–Crippen LogP) is 3.34. The number of hydrogen-bond donors (Lipinski definition) is 1. The molecule has 1 N–H and O–H groups in total. The van der Waals surface area contributed by atoms with Crippen LogP contribution in [-0.4, -0.2) is 29.9 Å². The summed E-state index contributed by atoms with van der Waals surface area (Å²) in [6, 6.07) is 0. The maximum absolute atomic E-state index is 5.29. The van der Waals surface area contributed by atoms with Gasteiger partial charge in [0.25, 0.3) is 0 Å².